The topological polar surface area (TPSA) is 59.8 Å². The van der Waals surface area contributed by atoms with Crippen LogP contribution in [0.4, 0.5) is 0 Å². The quantitative estimate of drug-likeness (QED) is 0.815. The zero-order valence-corrected chi connectivity index (χ0v) is 14.6. The van der Waals surface area contributed by atoms with Gasteiger partial charge in [0, 0.05) is 28.9 Å². The van der Waals surface area contributed by atoms with Crippen molar-refractivity contribution in [2.45, 2.75) is 11.5 Å². The van der Waals surface area contributed by atoms with Crippen LogP contribution in [0.25, 0.3) is 0 Å². The Labute approximate surface area is 148 Å². The summed E-state index contributed by atoms with van der Waals surface area (Å²) in [7, 11) is -1.16. The Morgan fingerprint density at radius 3 is 2.62 bits per heavy atom. The average molecular weight is 368 g/mol. The van der Waals surface area contributed by atoms with Crippen molar-refractivity contribution in [2.75, 3.05) is 26.3 Å². The van der Waals surface area contributed by atoms with Gasteiger partial charge in [-0.05, 0) is 23.8 Å². The van der Waals surface area contributed by atoms with Crippen LogP contribution in [0.2, 0.25) is 5.02 Å². The Morgan fingerprint density at radius 1 is 1.12 bits per heavy atom. The summed E-state index contributed by atoms with van der Waals surface area (Å²) in [6, 6.07) is 10.7. The molecule has 1 saturated heterocycles. The first-order valence-electron chi connectivity index (χ1n) is 7.67. The zero-order chi connectivity index (χ0) is 16.9. The van der Waals surface area contributed by atoms with E-state index in [0.717, 1.165) is 5.56 Å². The second kappa shape index (κ2) is 7.96. The van der Waals surface area contributed by atoms with E-state index in [1.54, 1.807) is 23.1 Å². The number of rotatable bonds is 5. The molecular formula is C17H18ClNO4S. The van der Waals surface area contributed by atoms with Crippen molar-refractivity contribution in [1.82, 2.24) is 4.90 Å². The monoisotopic (exact) mass is 367 g/mol. The van der Waals surface area contributed by atoms with Gasteiger partial charge in [0.2, 0.25) is 0 Å². The molecule has 3 rings (SSSR count). The lowest BCUT2D eigenvalue weighted by molar-refractivity contribution is 0.0282. The van der Waals surface area contributed by atoms with E-state index in [0.29, 0.717) is 42.8 Å². The molecule has 0 aliphatic carbocycles. The van der Waals surface area contributed by atoms with Gasteiger partial charge in [0.25, 0.3) is 5.91 Å². The SMILES string of the molecule is O=C(c1ccc(C[S@@](=O)Cc2ccccc2Cl)o1)N1CCOCC1. The normalized spacial score (nSPS) is 16.1. The molecule has 1 atom stereocenters. The number of amides is 1. The van der Waals surface area contributed by atoms with Gasteiger partial charge in [0.05, 0.1) is 24.7 Å². The molecule has 2 heterocycles. The molecule has 2 aromatic rings. The van der Waals surface area contributed by atoms with Crippen LogP contribution in [0, 0.1) is 0 Å². The van der Waals surface area contributed by atoms with Crippen LogP contribution in [-0.4, -0.2) is 41.3 Å². The molecule has 1 amide bonds. The van der Waals surface area contributed by atoms with Gasteiger partial charge in [-0.2, -0.15) is 0 Å². The molecule has 1 aliphatic heterocycles. The van der Waals surface area contributed by atoms with Gasteiger partial charge in [-0.25, -0.2) is 0 Å². The molecule has 24 heavy (non-hydrogen) atoms. The molecule has 128 valence electrons. The molecule has 1 aliphatic rings. The van der Waals surface area contributed by atoms with Gasteiger partial charge in [-0.15, -0.1) is 0 Å². The second-order valence-corrected chi connectivity index (χ2v) is 7.35. The molecule has 0 saturated carbocycles. The molecule has 5 nitrogen and oxygen atoms in total. The fourth-order valence-corrected chi connectivity index (χ4v) is 3.95. The fraction of sp³-hybridized carbons (Fsp3) is 0.353. The van der Waals surface area contributed by atoms with Crippen LogP contribution < -0.4 is 0 Å². The van der Waals surface area contributed by atoms with Crippen molar-refractivity contribution in [3.63, 3.8) is 0 Å². The van der Waals surface area contributed by atoms with Crippen LogP contribution in [0.3, 0.4) is 0 Å². The van der Waals surface area contributed by atoms with Crippen molar-refractivity contribution < 1.29 is 18.2 Å². The van der Waals surface area contributed by atoms with Crippen molar-refractivity contribution in [1.29, 1.82) is 0 Å². The number of carbonyl (C=O) groups is 1. The third kappa shape index (κ3) is 4.26. The van der Waals surface area contributed by atoms with E-state index in [1.807, 2.05) is 18.2 Å². The summed E-state index contributed by atoms with van der Waals surface area (Å²) < 4.78 is 23.1. The van der Waals surface area contributed by atoms with E-state index in [9.17, 15) is 9.00 Å². The summed E-state index contributed by atoms with van der Waals surface area (Å²) in [5.74, 6) is 1.27. The highest BCUT2D eigenvalue weighted by atomic mass is 35.5. The van der Waals surface area contributed by atoms with Crippen molar-refractivity contribution in [3.05, 3.63) is 58.5 Å². The highest BCUT2D eigenvalue weighted by Crippen LogP contribution is 2.19. The first-order chi connectivity index (χ1) is 11.6. The van der Waals surface area contributed by atoms with Gasteiger partial charge >= 0.3 is 0 Å². The fourth-order valence-electron chi connectivity index (χ4n) is 2.49. The molecule has 0 N–H and O–H groups in total. The second-order valence-electron chi connectivity index (χ2n) is 5.49. The molecule has 7 heteroatoms. The standard InChI is InChI=1S/C17H18ClNO4S/c18-15-4-2-1-3-13(15)11-24(21)12-14-5-6-16(23-14)17(20)19-7-9-22-10-8-19/h1-6H,7-12H2/t24-/m0/s1. The average Bonchev–Trinajstić information content (AvgIpc) is 3.05. The predicted molar refractivity (Wildman–Crippen MR) is 92.4 cm³/mol. The van der Waals surface area contributed by atoms with E-state index >= 15 is 0 Å². The summed E-state index contributed by atoms with van der Waals surface area (Å²) >= 11 is 6.08. The first kappa shape index (κ1) is 17.2. The van der Waals surface area contributed by atoms with E-state index in [4.69, 9.17) is 20.8 Å². The predicted octanol–water partition coefficient (Wildman–Crippen LogP) is 2.85. The third-order valence-corrected chi connectivity index (χ3v) is 5.36. The van der Waals surface area contributed by atoms with E-state index in [2.05, 4.69) is 0 Å². The summed E-state index contributed by atoms with van der Waals surface area (Å²) in [5, 5.41) is 0.605. The molecule has 1 fully saturated rings. The summed E-state index contributed by atoms with van der Waals surface area (Å²) in [6.07, 6.45) is 0. The van der Waals surface area contributed by atoms with Gasteiger partial charge in [0.15, 0.2) is 5.76 Å². The molecule has 0 radical (unpaired) electrons. The van der Waals surface area contributed by atoms with Crippen LogP contribution in [0.5, 0.6) is 0 Å². The van der Waals surface area contributed by atoms with E-state index in [1.165, 1.54) is 0 Å². The van der Waals surface area contributed by atoms with Gasteiger partial charge in [-0.3, -0.25) is 9.00 Å². The molecule has 1 aromatic heterocycles. The number of benzene rings is 1. The third-order valence-electron chi connectivity index (χ3n) is 3.75. The smallest absolute Gasteiger partial charge is 0.289 e. The van der Waals surface area contributed by atoms with Gasteiger partial charge in [-0.1, -0.05) is 29.8 Å². The summed E-state index contributed by atoms with van der Waals surface area (Å²) in [4.78, 5) is 14.0. The van der Waals surface area contributed by atoms with Crippen molar-refractivity contribution in [3.8, 4) is 0 Å². The van der Waals surface area contributed by atoms with Crippen molar-refractivity contribution >= 4 is 28.3 Å². The Hall–Kier alpha value is -1.63. The Kier molecular flexibility index (Phi) is 5.71. The molecule has 1 aromatic carbocycles. The Morgan fingerprint density at radius 2 is 1.88 bits per heavy atom. The molecule has 0 unspecified atom stereocenters. The van der Waals surface area contributed by atoms with Crippen LogP contribution in [0.1, 0.15) is 21.9 Å². The molecule has 0 spiro atoms. The largest absolute Gasteiger partial charge is 0.455 e. The number of furan rings is 1. The minimum absolute atomic E-state index is 0.151. The Balaban J connectivity index is 1.60. The lowest BCUT2D eigenvalue weighted by Crippen LogP contribution is -2.40. The molecule has 0 bridgehead atoms. The minimum atomic E-state index is -1.16. The van der Waals surface area contributed by atoms with Gasteiger partial charge in [0.1, 0.15) is 5.76 Å². The van der Waals surface area contributed by atoms with Crippen LogP contribution in [0.15, 0.2) is 40.8 Å². The number of hydrogen-bond acceptors (Lipinski definition) is 4. The number of carbonyl (C=O) groups excluding carboxylic acids is 1. The number of ether oxygens (including phenoxy) is 1. The van der Waals surface area contributed by atoms with Crippen molar-refractivity contribution in [2.24, 2.45) is 0 Å². The zero-order valence-electron chi connectivity index (χ0n) is 13.1. The lowest BCUT2D eigenvalue weighted by Gasteiger charge is -2.25. The summed E-state index contributed by atoms with van der Waals surface area (Å²) in [6.45, 7) is 2.21. The highest BCUT2D eigenvalue weighted by Gasteiger charge is 2.21. The number of hydrogen-bond donors (Lipinski definition) is 0. The molecular weight excluding hydrogens is 350 g/mol. The van der Waals surface area contributed by atoms with E-state index < -0.39 is 10.8 Å². The number of morpholine rings is 1. The van der Waals surface area contributed by atoms with Crippen LogP contribution in [-0.2, 0) is 27.0 Å². The van der Waals surface area contributed by atoms with Crippen LogP contribution >= 0.6 is 11.6 Å². The number of nitrogens with zero attached hydrogens (tertiary/aromatic N) is 1. The lowest BCUT2D eigenvalue weighted by atomic mass is 10.2. The summed E-state index contributed by atoms with van der Waals surface area (Å²) in [5.41, 5.74) is 0.841. The Bertz CT molecular complexity index is 740. The first-order valence-corrected chi connectivity index (χ1v) is 9.54. The maximum Gasteiger partial charge on any atom is 0.289 e. The highest BCUT2D eigenvalue weighted by molar-refractivity contribution is 7.83. The van der Waals surface area contributed by atoms with E-state index in [-0.39, 0.29) is 17.4 Å². The maximum absolute atomic E-state index is 12.3. The number of halogens is 1. The van der Waals surface area contributed by atoms with Gasteiger partial charge < -0.3 is 14.1 Å². The minimum Gasteiger partial charge on any atom is -0.455 e. The maximum atomic E-state index is 12.3.